The van der Waals surface area contributed by atoms with E-state index in [0.717, 1.165) is 0 Å². The number of nitrogens with zero attached hydrogens (tertiary/aromatic N) is 4. The first kappa shape index (κ1) is 26.4. The first-order valence-corrected chi connectivity index (χ1v) is 10.3. The molecule has 14 heteroatoms. The van der Waals surface area contributed by atoms with Gasteiger partial charge in [0.15, 0.2) is 17.7 Å². The third kappa shape index (κ3) is 5.73. The molecule has 11 nitrogen and oxygen atoms in total. The van der Waals surface area contributed by atoms with E-state index >= 15 is 0 Å². The van der Waals surface area contributed by atoms with Crippen molar-refractivity contribution in [2.45, 2.75) is 37.0 Å². The van der Waals surface area contributed by atoms with Gasteiger partial charge in [-0.2, -0.15) is 0 Å². The number of carboxylic acids is 1. The van der Waals surface area contributed by atoms with Crippen molar-refractivity contribution in [3.05, 3.63) is 12.7 Å². The Hall–Kier alpha value is -0.663. The monoisotopic (exact) mass is 533 g/mol. The summed E-state index contributed by atoms with van der Waals surface area (Å²) in [5, 5.41) is 29.7. The van der Waals surface area contributed by atoms with Crippen molar-refractivity contribution < 1.29 is 48.8 Å². The number of carboxylic acid groups (broad SMARTS) is 1. The number of aliphatic hydroxyl groups is 2. The Morgan fingerprint density at radius 1 is 1.34 bits per heavy atom. The number of aliphatic carboxylic acids is 1. The van der Waals surface area contributed by atoms with E-state index in [1.165, 1.54) is 17.2 Å². The van der Waals surface area contributed by atoms with Gasteiger partial charge in [0.2, 0.25) is 0 Å². The third-order valence-electron chi connectivity index (χ3n) is 4.54. The van der Waals surface area contributed by atoms with Crippen LogP contribution in [-0.2, 0) is 20.4 Å². The standard InChI is InChI=1S/C15H22N6O5S.HI.Li/c1-27(3-2-7(16)15(24)25)4-8-10(22)11(23)14(26-8)21-6-20-9-12(17)18-5-19-13(9)21;;/h5-8,10-11,14,22-23H,2-4,16H2,1H3,(H2-,17,18,19,24,25);1H;/t7-,8+,10+,11+,14+,27?;;/m0../s1. The van der Waals surface area contributed by atoms with Gasteiger partial charge < -0.3 is 55.5 Å². The zero-order valence-electron chi connectivity index (χ0n) is 16.1. The molecule has 3 heterocycles. The van der Waals surface area contributed by atoms with E-state index in [0.29, 0.717) is 29.1 Å². The van der Waals surface area contributed by atoms with E-state index in [-0.39, 0.29) is 59.6 Å². The maximum Gasteiger partial charge on any atom is 0.320 e. The van der Waals surface area contributed by atoms with Crippen molar-refractivity contribution in [3.8, 4) is 0 Å². The number of nitrogen functional groups attached to an aromatic ring is 1. The normalized spacial score (nSPS) is 25.8. The number of fused-ring (bicyclic) bond motifs is 1. The molecule has 1 saturated heterocycles. The Labute approximate surface area is 199 Å². The molecule has 1 fully saturated rings. The number of hydrogen-bond acceptors (Lipinski definition) is 9. The van der Waals surface area contributed by atoms with Crippen molar-refractivity contribution in [3.63, 3.8) is 0 Å². The van der Waals surface area contributed by atoms with Crippen LogP contribution in [0.2, 0.25) is 0 Å². The summed E-state index contributed by atoms with van der Waals surface area (Å²) < 4.78 is 7.41. The van der Waals surface area contributed by atoms with Gasteiger partial charge in [-0.1, -0.05) is 0 Å². The summed E-state index contributed by atoms with van der Waals surface area (Å²) in [6, 6.07) is -0.907. The molecule has 157 valence electrons. The number of anilines is 1. The Kier molecular flexibility index (Phi) is 10.1. The van der Waals surface area contributed by atoms with Crippen LogP contribution >= 0.6 is 0 Å². The van der Waals surface area contributed by atoms with Gasteiger partial charge in [-0.05, 0) is 10.9 Å². The quantitative estimate of drug-likeness (QED) is 0.131. The summed E-state index contributed by atoms with van der Waals surface area (Å²) >= 11 is 0. The first-order valence-electron chi connectivity index (χ1n) is 8.31. The topological polar surface area (TPSA) is 183 Å². The maximum absolute atomic E-state index is 10.8. The summed E-state index contributed by atoms with van der Waals surface area (Å²) in [7, 11) is -0.235. The second-order valence-electron chi connectivity index (χ2n) is 6.51. The summed E-state index contributed by atoms with van der Waals surface area (Å²) in [6.07, 6.45) is 1.31. The van der Waals surface area contributed by atoms with E-state index in [9.17, 15) is 15.0 Å². The van der Waals surface area contributed by atoms with Crippen molar-refractivity contribution in [1.29, 1.82) is 0 Å². The number of ether oxygens (including phenoxy) is 1. The number of aromatic nitrogens is 4. The molecule has 6 atom stereocenters. The molecule has 0 bridgehead atoms. The van der Waals surface area contributed by atoms with Gasteiger partial charge in [-0.25, -0.2) is 15.0 Å². The zero-order chi connectivity index (χ0) is 19.7. The molecule has 7 N–H and O–H groups in total. The third-order valence-corrected chi connectivity index (χ3v) is 6.37. The van der Waals surface area contributed by atoms with E-state index in [1.54, 1.807) is 0 Å². The number of imidazole rings is 1. The number of aliphatic hydroxyl groups excluding tert-OH is 2. The molecule has 2 aromatic rings. The van der Waals surface area contributed by atoms with Gasteiger partial charge in [0.25, 0.3) is 0 Å². The predicted molar refractivity (Wildman–Crippen MR) is 105 cm³/mol. The van der Waals surface area contributed by atoms with Gasteiger partial charge in [-0.3, -0.25) is 9.36 Å². The van der Waals surface area contributed by atoms with Crippen molar-refractivity contribution in [2.75, 3.05) is 23.5 Å². The fourth-order valence-corrected chi connectivity index (χ4v) is 4.63. The van der Waals surface area contributed by atoms with Crippen LogP contribution in [0.4, 0.5) is 5.82 Å². The molecule has 0 spiro atoms. The number of nitrogens with two attached hydrogens (primary N) is 2. The fraction of sp³-hybridized carbons (Fsp3) is 0.600. The predicted octanol–water partition coefficient (Wildman–Crippen LogP) is -5.30. The van der Waals surface area contributed by atoms with Crippen LogP contribution in [0.3, 0.4) is 0 Å². The minimum atomic E-state index is -1.16. The Bertz CT molecular complexity index is 832. The number of hydrogen-bond donors (Lipinski definition) is 5. The average Bonchev–Trinajstić information content (AvgIpc) is 3.17. The molecule has 29 heavy (non-hydrogen) atoms. The van der Waals surface area contributed by atoms with Crippen LogP contribution < -0.4 is 35.4 Å². The summed E-state index contributed by atoms with van der Waals surface area (Å²) in [4.78, 5) is 23.0. The fourth-order valence-electron chi connectivity index (χ4n) is 2.97. The second-order valence-corrected chi connectivity index (χ2v) is 8.82. The van der Waals surface area contributed by atoms with Gasteiger partial charge in [0, 0.05) is 25.3 Å². The van der Waals surface area contributed by atoms with Crippen LogP contribution in [0.25, 0.3) is 11.2 Å². The molecule has 0 aromatic carbocycles. The van der Waals surface area contributed by atoms with Crippen molar-refractivity contribution in [2.24, 2.45) is 5.73 Å². The minimum absolute atomic E-state index is 0. The minimum Gasteiger partial charge on any atom is -1.00 e. The summed E-state index contributed by atoms with van der Waals surface area (Å²) in [5.41, 5.74) is 12.1. The van der Waals surface area contributed by atoms with Crippen molar-refractivity contribution >= 4 is 52.7 Å². The van der Waals surface area contributed by atoms with Crippen molar-refractivity contribution in [1.82, 2.24) is 19.5 Å². The number of halogens is 1. The van der Waals surface area contributed by atoms with Gasteiger partial charge in [0.1, 0.15) is 47.7 Å². The van der Waals surface area contributed by atoms with Crippen LogP contribution in [0.5, 0.6) is 0 Å². The SMILES string of the molecule is C[S+](CC[C@H](N)C(=O)O)C[C@H]1O[C@@H](n2cnc3c(N)ncnc32)[C@H](O)[C@@H]1O.[I-].[Li]. The van der Waals surface area contributed by atoms with Crippen LogP contribution in [0.1, 0.15) is 12.6 Å². The second kappa shape index (κ2) is 11.1. The Balaban J connectivity index is 0.00000210. The molecule has 0 amide bonds. The van der Waals surface area contributed by atoms with E-state index in [4.69, 9.17) is 21.3 Å². The summed E-state index contributed by atoms with van der Waals surface area (Å²) in [5.74, 6) is 0.254. The van der Waals surface area contributed by atoms with E-state index in [2.05, 4.69) is 15.0 Å². The molecule has 1 aliphatic heterocycles. The Morgan fingerprint density at radius 3 is 2.69 bits per heavy atom. The van der Waals surface area contributed by atoms with E-state index < -0.39 is 36.6 Å². The molecule has 1 aliphatic rings. The maximum atomic E-state index is 10.8. The molecule has 0 saturated carbocycles. The van der Waals surface area contributed by atoms with Gasteiger partial charge in [0.05, 0.1) is 12.6 Å². The van der Waals surface area contributed by atoms with Crippen LogP contribution in [-0.4, -0.2) is 102 Å². The smallest absolute Gasteiger partial charge is 0.320 e. The van der Waals surface area contributed by atoms with E-state index in [1.807, 2.05) is 6.26 Å². The first-order chi connectivity index (χ1) is 12.8. The van der Waals surface area contributed by atoms with Crippen LogP contribution in [0.15, 0.2) is 12.7 Å². The molecule has 3 rings (SSSR count). The molecular weight excluding hydrogens is 510 g/mol. The van der Waals surface area contributed by atoms with Gasteiger partial charge >= 0.3 is 5.97 Å². The zero-order valence-corrected chi connectivity index (χ0v) is 19.0. The number of rotatable bonds is 7. The van der Waals surface area contributed by atoms with Crippen LogP contribution in [0, 0.1) is 0 Å². The molecule has 2 aromatic heterocycles. The molecule has 1 unspecified atom stereocenters. The average molecular weight is 533 g/mol. The molecule has 1 radical (unpaired) electrons. The molecule has 0 aliphatic carbocycles. The summed E-state index contributed by atoms with van der Waals surface area (Å²) in [6.45, 7) is 0. The molecular formula is C15H23ILiN6O5S. The largest absolute Gasteiger partial charge is 1.00 e. The van der Waals surface area contributed by atoms with Gasteiger partial charge in [-0.15, -0.1) is 0 Å². The Morgan fingerprint density at radius 2 is 2.03 bits per heavy atom. The number of carbonyl (C=O) groups is 1.